The smallest absolute Gasteiger partial charge is 0.186 e. The molecule has 0 amide bonds. The largest absolute Gasteiger partial charge is 0.362 e. The van der Waals surface area contributed by atoms with Crippen molar-refractivity contribution in [3.8, 4) is 0 Å². The lowest BCUT2D eigenvalue weighted by molar-refractivity contribution is 1.13. The first-order chi connectivity index (χ1) is 7.27. The van der Waals surface area contributed by atoms with Crippen molar-refractivity contribution in [3.63, 3.8) is 0 Å². The molecule has 0 atom stereocenters. The molecule has 0 unspecified atom stereocenters. The summed E-state index contributed by atoms with van der Waals surface area (Å²) in [6, 6.07) is 7.62. The first-order valence-corrected chi connectivity index (χ1v) is 5.71. The van der Waals surface area contributed by atoms with E-state index in [1.165, 1.54) is 0 Å². The monoisotopic (exact) mass is 259 g/mol. The van der Waals surface area contributed by atoms with Crippen LogP contribution in [0, 0.1) is 0 Å². The molecule has 0 bridgehead atoms. The van der Waals surface area contributed by atoms with E-state index in [0.29, 0.717) is 17.5 Å². The summed E-state index contributed by atoms with van der Waals surface area (Å²) in [6.07, 6.45) is 0. The second kappa shape index (κ2) is 4.79. The standard InChI is InChI=1S/C9H7Cl2N3S/c10-7-4-2-1-3-6(7)5-12-9-8(11)13-15-14-9/h1-4H,5H2,(H,12,14). The van der Waals surface area contributed by atoms with Gasteiger partial charge in [-0.3, -0.25) is 0 Å². The average molecular weight is 260 g/mol. The molecular formula is C9H7Cl2N3S. The van der Waals surface area contributed by atoms with Crippen LogP contribution < -0.4 is 5.32 Å². The minimum atomic E-state index is 0.395. The molecule has 3 nitrogen and oxygen atoms in total. The molecule has 0 aliphatic heterocycles. The number of hydrogen-bond donors (Lipinski definition) is 1. The Labute approximate surface area is 101 Å². The summed E-state index contributed by atoms with van der Waals surface area (Å²) in [5, 5.41) is 4.19. The van der Waals surface area contributed by atoms with Crippen molar-refractivity contribution < 1.29 is 0 Å². The van der Waals surface area contributed by atoms with Crippen molar-refractivity contribution in [2.24, 2.45) is 0 Å². The zero-order valence-electron chi connectivity index (χ0n) is 7.58. The molecular weight excluding hydrogens is 253 g/mol. The summed E-state index contributed by atoms with van der Waals surface area (Å²) in [6.45, 7) is 0.588. The Morgan fingerprint density at radius 1 is 1.20 bits per heavy atom. The van der Waals surface area contributed by atoms with Crippen LogP contribution in [0.25, 0.3) is 0 Å². The van der Waals surface area contributed by atoms with Crippen molar-refractivity contribution in [2.75, 3.05) is 5.32 Å². The molecule has 1 heterocycles. The fraction of sp³-hybridized carbons (Fsp3) is 0.111. The quantitative estimate of drug-likeness (QED) is 0.918. The van der Waals surface area contributed by atoms with E-state index in [-0.39, 0.29) is 0 Å². The fourth-order valence-corrected chi connectivity index (χ4v) is 1.99. The predicted octanol–water partition coefficient (Wildman–Crippen LogP) is 3.46. The molecule has 0 saturated carbocycles. The number of nitrogens with one attached hydrogen (secondary N) is 1. The maximum absolute atomic E-state index is 6.00. The molecule has 1 aromatic heterocycles. The first kappa shape index (κ1) is 10.7. The van der Waals surface area contributed by atoms with Crippen LogP contribution in [-0.4, -0.2) is 8.75 Å². The fourth-order valence-electron chi connectivity index (χ4n) is 1.10. The van der Waals surface area contributed by atoms with E-state index in [1.54, 1.807) is 0 Å². The highest BCUT2D eigenvalue weighted by molar-refractivity contribution is 6.99. The molecule has 6 heteroatoms. The van der Waals surface area contributed by atoms with Gasteiger partial charge >= 0.3 is 0 Å². The third-order valence-electron chi connectivity index (χ3n) is 1.85. The van der Waals surface area contributed by atoms with Crippen molar-refractivity contribution in [1.29, 1.82) is 0 Å². The highest BCUT2D eigenvalue weighted by Crippen LogP contribution is 2.20. The van der Waals surface area contributed by atoms with E-state index >= 15 is 0 Å². The van der Waals surface area contributed by atoms with Crippen LogP contribution in [0.2, 0.25) is 10.2 Å². The lowest BCUT2D eigenvalue weighted by atomic mass is 10.2. The third kappa shape index (κ3) is 2.59. The van der Waals surface area contributed by atoms with Gasteiger partial charge in [0.2, 0.25) is 0 Å². The van der Waals surface area contributed by atoms with Crippen LogP contribution in [-0.2, 0) is 6.54 Å². The van der Waals surface area contributed by atoms with E-state index in [9.17, 15) is 0 Å². The Bertz CT molecular complexity index is 458. The second-order valence-corrected chi connectivity index (χ2v) is 4.14. The summed E-state index contributed by atoms with van der Waals surface area (Å²) in [5.41, 5.74) is 1.00. The zero-order valence-corrected chi connectivity index (χ0v) is 9.90. The molecule has 1 N–H and O–H groups in total. The molecule has 0 saturated heterocycles. The number of aromatic nitrogens is 2. The van der Waals surface area contributed by atoms with Gasteiger partial charge in [-0.1, -0.05) is 41.4 Å². The molecule has 0 spiro atoms. The highest BCUT2D eigenvalue weighted by atomic mass is 35.5. The van der Waals surface area contributed by atoms with Crippen LogP contribution >= 0.6 is 34.9 Å². The number of anilines is 1. The molecule has 0 radical (unpaired) electrons. The van der Waals surface area contributed by atoms with Crippen molar-refractivity contribution in [1.82, 2.24) is 8.75 Å². The molecule has 0 aliphatic carbocycles. The van der Waals surface area contributed by atoms with Gasteiger partial charge in [-0.05, 0) is 11.6 Å². The Morgan fingerprint density at radius 3 is 2.67 bits per heavy atom. The topological polar surface area (TPSA) is 37.8 Å². The summed E-state index contributed by atoms with van der Waals surface area (Å²) in [7, 11) is 0. The number of hydrogen-bond acceptors (Lipinski definition) is 4. The minimum Gasteiger partial charge on any atom is -0.362 e. The van der Waals surface area contributed by atoms with Crippen molar-refractivity contribution >= 4 is 40.7 Å². The van der Waals surface area contributed by atoms with Gasteiger partial charge in [0.15, 0.2) is 11.0 Å². The molecule has 0 aliphatic rings. The van der Waals surface area contributed by atoms with Gasteiger partial charge in [-0.25, -0.2) is 0 Å². The maximum atomic E-state index is 6.00. The Kier molecular flexibility index (Phi) is 3.41. The van der Waals surface area contributed by atoms with E-state index in [1.807, 2.05) is 24.3 Å². The van der Waals surface area contributed by atoms with E-state index in [2.05, 4.69) is 14.1 Å². The Morgan fingerprint density at radius 2 is 2.00 bits per heavy atom. The first-order valence-electron chi connectivity index (χ1n) is 4.22. The zero-order chi connectivity index (χ0) is 10.7. The summed E-state index contributed by atoms with van der Waals surface area (Å²) in [5.74, 6) is 0.599. The van der Waals surface area contributed by atoms with Gasteiger partial charge < -0.3 is 5.32 Å². The number of rotatable bonds is 3. The summed E-state index contributed by atoms with van der Waals surface area (Å²) >= 11 is 12.9. The van der Waals surface area contributed by atoms with Gasteiger partial charge in [-0.2, -0.15) is 8.75 Å². The molecule has 2 rings (SSSR count). The number of halogens is 2. The number of nitrogens with zero attached hydrogens (tertiary/aromatic N) is 2. The van der Waals surface area contributed by atoms with Gasteiger partial charge in [0, 0.05) is 11.6 Å². The molecule has 2 aromatic rings. The average Bonchev–Trinajstić information content (AvgIpc) is 2.63. The highest BCUT2D eigenvalue weighted by Gasteiger charge is 2.05. The van der Waals surface area contributed by atoms with Crippen LogP contribution in [0.4, 0.5) is 5.82 Å². The number of benzene rings is 1. The summed E-state index contributed by atoms with van der Waals surface area (Å²) in [4.78, 5) is 0. The van der Waals surface area contributed by atoms with Gasteiger partial charge in [-0.15, -0.1) is 0 Å². The van der Waals surface area contributed by atoms with Gasteiger partial charge in [0.05, 0.1) is 11.7 Å². The molecule has 0 fully saturated rings. The Balaban J connectivity index is 2.06. The second-order valence-electron chi connectivity index (χ2n) is 2.85. The normalized spacial score (nSPS) is 10.3. The lowest BCUT2D eigenvalue weighted by Gasteiger charge is -2.04. The minimum absolute atomic E-state index is 0.395. The van der Waals surface area contributed by atoms with E-state index in [0.717, 1.165) is 22.3 Å². The molecule has 1 aromatic carbocycles. The molecule has 15 heavy (non-hydrogen) atoms. The van der Waals surface area contributed by atoms with Crippen LogP contribution in [0.3, 0.4) is 0 Å². The predicted molar refractivity (Wildman–Crippen MR) is 63.7 cm³/mol. The lowest BCUT2D eigenvalue weighted by Crippen LogP contribution is -2.00. The van der Waals surface area contributed by atoms with Crippen LogP contribution in [0.15, 0.2) is 24.3 Å². The van der Waals surface area contributed by atoms with E-state index < -0.39 is 0 Å². The third-order valence-corrected chi connectivity index (χ3v) is 3.11. The van der Waals surface area contributed by atoms with E-state index in [4.69, 9.17) is 23.2 Å². The molecule has 78 valence electrons. The maximum Gasteiger partial charge on any atom is 0.186 e. The Hall–Kier alpha value is -0.840. The van der Waals surface area contributed by atoms with Crippen LogP contribution in [0.1, 0.15) is 5.56 Å². The van der Waals surface area contributed by atoms with Crippen LogP contribution in [0.5, 0.6) is 0 Å². The van der Waals surface area contributed by atoms with Gasteiger partial charge in [0.25, 0.3) is 0 Å². The van der Waals surface area contributed by atoms with Gasteiger partial charge in [0.1, 0.15) is 0 Å². The SMILES string of the molecule is Clc1ccccc1CNc1nsnc1Cl. The van der Waals surface area contributed by atoms with Crippen molar-refractivity contribution in [3.05, 3.63) is 40.0 Å². The summed E-state index contributed by atoms with van der Waals surface area (Å²) < 4.78 is 7.86. The van der Waals surface area contributed by atoms with Crippen molar-refractivity contribution in [2.45, 2.75) is 6.54 Å².